The maximum Gasteiger partial charge on any atom is 0.431 e. The summed E-state index contributed by atoms with van der Waals surface area (Å²) in [4.78, 5) is 37.3. The number of aromatic nitrogens is 2. The van der Waals surface area contributed by atoms with Gasteiger partial charge in [0, 0.05) is 25.2 Å². The SMILES string of the molecule is CC(=O)C1=C(C(F)(F)F)Nc2c(c(=O)n(C)c(=O)n2C)C1c1ccccc1O. The number of para-hydroxylation sites is 1. The number of Topliss-reactive ketones (excluding diaryl/α,β-unsaturated/α-hetero) is 1. The van der Waals surface area contributed by atoms with E-state index in [1.165, 1.54) is 38.4 Å². The van der Waals surface area contributed by atoms with E-state index in [1.807, 2.05) is 0 Å². The fourth-order valence-electron chi connectivity index (χ4n) is 3.40. The topological polar surface area (TPSA) is 93.3 Å². The van der Waals surface area contributed by atoms with Crippen LogP contribution in [0, 0.1) is 0 Å². The maximum atomic E-state index is 13.7. The lowest BCUT2D eigenvalue weighted by Crippen LogP contribution is -2.44. The summed E-state index contributed by atoms with van der Waals surface area (Å²) < 4.78 is 42.8. The molecule has 148 valence electrons. The van der Waals surface area contributed by atoms with Crippen LogP contribution in [0.1, 0.15) is 24.0 Å². The lowest BCUT2D eigenvalue weighted by atomic mass is 9.80. The fourth-order valence-corrected chi connectivity index (χ4v) is 3.40. The molecule has 1 aromatic heterocycles. The molecule has 1 aliphatic heterocycles. The number of ketones is 1. The van der Waals surface area contributed by atoms with E-state index in [0.29, 0.717) is 0 Å². The largest absolute Gasteiger partial charge is 0.508 e. The maximum absolute atomic E-state index is 13.7. The minimum absolute atomic E-state index is 0.0482. The highest BCUT2D eigenvalue weighted by Gasteiger charge is 2.46. The van der Waals surface area contributed by atoms with Gasteiger partial charge in [0.2, 0.25) is 0 Å². The number of alkyl halides is 3. The average Bonchev–Trinajstić information content (AvgIpc) is 2.62. The van der Waals surface area contributed by atoms with Gasteiger partial charge in [-0.1, -0.05) is 18.2 Å². The van der Waals surface area contributed by atoms with Crippen molar-refractivity contribution in [3.05, 3.63) is 67.5 Å². The molecule has 0 radical (unpaired) electrons. The normalized spacial score (nSPS) is 16.6. The van der Waals surface area contributed by atoms with Crippen molar-refractivity contribution >= 4 is 11.6 Å². The van der Waals surface area contributed by atoms with Gasteiger partial charge in [-0.15, -0.1) is 0 Å². The Kier molecular flexibility index (Phi) is 4.44. The molecule has 0 fully saturated rings. The molecule has 0 aliphatic carbocycles. The number of carbonyl (C=O) groups is 1. The number of fused-ring (bicyclic) bond motifs is 1. The second-order valence-electron chi connectivity index (χ2n) is 6.43. The lowest BCUT2D eigenvalue weighted by Gasteiger charge is -2.32. The summed E-state index contributed by atoms with van der Waals surface area (Å²) in [5, 5.41) is 12.3. The van der Waals surface area contributed by atoms with Gasteiger partial charge in [-0.3, -0.25) is 18.7 Å². The van der Waals surface area contributed by atoms with E-state index >= 15 is 0 Å². The molecule has 0 bridgehead atoms. The highest BCUT2D eigenvalue weighted by Crippen LogP contribution is 2.46. The van der Waals surface area contributed by atoms with Crippen LogP contribution < -0.4 is 16.6 Å². The van der Waals surface area contributed by atoms with Gasteiger partial charge < -0.3 is 10.4 Å². The predicted molar refractivity (Wildman–Crippen MR) is 94.3 cm³/mol. The summed E-state index contributed by atoms with van der Waals surface area (Å²) >= 11 is 0. The number of allylic oxidation sites excluding steroid dienone is 2. The van der Waals surface area contributed by atoms with Gasteiger partial charge in [0.15, 0.2) is 5.78 Å². The van der Waals surface area contributed by atoms with Gasteiger partial charge in [-0.05, 0) is 13.0 Å². The van der Waals surface area contributed by atoms with E-state index in [0.717, 1.165) is 16.1 Å². The van der Waals surface area contributed by atoms with Gasteiger partial charge in [-0.2, -0.15) is 13.2 Å². The Morgan fingerprint density at radius 3 is 2.29 bits per heavy atom. The third-order valence-electron chi connectivity index (χ3n) is 4.70. The van der Waals surface area contributed by atoms with Crippen LogP contribution >= 0.6 is 0 Å². The molecule has 0 spiro atoms. The smallest absolute Gasteiger partial charge is 0.431 e. The number of nitrogens with zero attached hydrogens (tertiary/aromatic N) is 2. The number of phenols is 1. The number of phenolic OH excluding ortho intramolecular Hbond substituents is 1. The molecular formula is C18H16F3N3O4. The Labute approximate surface area is 156 Å². The number of aromatic hydroxyl groups is 1. The molecule has 2 N–H and O–H groups in total. The summed E-state index contributed by atoms with van der Waals surface area (Å²) in [5.74, 6) is -3.18. The molecule has 1 atom stereocenters. The lowest BCUT2D eigenvalue weighted by molar-refractivity contribution is -0.116. The third-order valence-corrected chi connectivity index (χ3v) is 4.70. The minimum atomic E-state index is -4.96. The van der Waals surface area contributed by atoms with Crippen LogP contribution in [0.15, 0.2) is 45.1 Å². The van der Waals surface area contributed by atoms with Crippen molar-refractivity contribution in [1.82, 2.24) is 9.13 Å². The number of rotatable bonds is 2. The summed E-state index contributed by atoms with van der Waals surface area (Å²) in [6.07, 6.45) is -4.96. The molecule has 28 heavy (non-hydrogen) atoms. The van der Waals surface area contributed by atoms with E-state index in [1.54, 1.807) is 0 Å². The van der Waals surface area contributed by atoms with E-state index < -0.39 is 40.4 Å². The zero-order valence-electron chi connectivity index (χ0n) is 15.1. The Bertz CT molecular complexity index is 1140. The van der Waals surface area contributed by atoms with Crippen molar-refractivity contribution in [3.63, 3.8) is 0 Å². The molecule has 2 heterocycles. The van der Waals surface area contributed by atoms with Crippen LogP contribution in [0.3, 0.4) is 0 Å². The van der Waals surface area contributed by atoms with Crippen molar-refractivity contribution in [1.29, 1.82) is 0 Å². The summed E-state index contributed by atoms with van der Waals surface area (Å²) in [6.45, 7) is 0.952. The highest BCUT2D eigenvalue weighted by atomic mass is 19.4. The molecule has 2 aromatic rings. The third kappa shape index (κ3) is 2.81. The van der Waals surface area contributed by atoms with E-state index in [4.69, 9.17) is 0 Å². The molecule has 10 heteroatoms. The van der Waals surface area contributed by atoms with Crippen molar-refractivity contribution in [2.75, 3.05) is 5.32 Å². The van der Waals surface area contributed by atoms with Crippen LogP contribution in [-0.2, 0) is 18.9 Å². The van der Waals surface area contributed by atoms with Crippen molar-refractivity contribution < 1.29 is 23.1 Å². The molecule has 1 aliphatic rings. The van der Waals surface area contributed by atoms with Crippen LogP contribution in [0.4, 0.5) is 19.0 Å². The second kappa shape index (κ2) is 6.39. The van der Waals surface area contributed by atoms with Crippen LogP contribution in [-0.4, -0.2) is 26.2 Å². The van der Waals surface area contributed by atoms with Crippen molar-refractivity contribution in [3.8, 4) is 5.75 Å². The Balaban J connectivity index is 2.54. The Morgan fingerprint density at radius 1 is 1.14 bits per heavy atom. The van der Waals surface area contributed by atoms with Gasteiger partial charge in [0.25, 0.3) is 5.56 Å². The second-order valence-corrected chi connectivity index (χ2v) is 6.43. The molecule has 0 saturated carbocycles. The molecule has 0 saturated heterocycles. The summed E-state index contributed by atoms with van der Waals surface area (Å²) in [5.41, 5.74) is -4.06. The minimum Gasteiger partial charge on any atom is -0.508 e. The first-order valence-corrected chi connectivity index (χ1v) is 8.14. The van der Waals surface area contributed by atoms with Gasteiger partial charge in [0.05, 0.1) is 11.5 Å². The number of hydrogen-bond acceptors (Lipinski definition) is 5. The number of benzene rings is 1. The number of hydrogen-bond donors (Lipinski definition) is 2. The number of anilines is 1. The predicted octanol–water partition coefficient (Wildman–Crippen LogP) is 1.75. The highest BCUT2D eigenvalue weighted by molar-refractivity contribution is 5.98. The quantitative estimate of drug-likeness (QED) is 0.808. The molecule has 7 nitrogen and oxygen atoms in total. The molecular weight excluding hydrogens is 379 g/mol. The van der Waals surface area contributed by atoms with E-state index in [2.05, 4.69) is 5.32 Å². The van der Waals surface area contributed by atoms with E-state index in [9.17, 15) is 32.7 Å². The zero-order chi connectivity index (χ0) is 21.0. The van der Waals surface area contributed by atoms with Gasteiger partial charge in [0.1, 0.15) is 17.3 Å². The Hall–Kier alpha value is -3.30. The molecule has 1 unspecified atom stereocenters. The zero-order valence-corrected chi connectivity index (χ0v) is 15.1. The molecule has 1 aromatic carbocycles. The van der Waals surface area contributed by atoms with Gasteiger partial charge >= 0.3 is 11.9 Å². The van der Waals surface area contributed by atoms with Crippen LogP contribution in [0.5, 0.6) is 5.75 Å². The fraction of sp³-hybridized carbons (Fsp3) is 0.278. The molecule has 3 rings (SSSR count). The summed E-state index contributed by atoms with van der Waals surface area (Å²) in [7, 11) is 2.39. The summed E-state index contributed by atoms with van der Waals surface area (Å²) in [6, 6.07) is 5.50. The first kappa shape index (κ1) is 19.5. The number of carbonyl (C=O) groups excluding carboxylic acids is 1. The number of nitrogens with one attached hydrogen (secondary N) is 1. The van der Waals surface area contributed by atoms with Crippen LogP contribution in [0.25, 0.3) is 0 Å². The first-order valence-electron chi connectivity index (χ1n) is 8.14. The van der Waals surface area contributed by atoms with E-state index in [-0.39, 0.29) is 22.7 Å². The monoisotopic (exact) mass is 395 g/mol. The van der Waals surface area contributed by atoms with Crippen LogP contribution in [0.2, 0.25) is 0 Å². The Morgan fingerprint density at radius 2 is 1.75 bits per heavy atom. The van der Waals surface area contributed by atoms with Gasteiger partial charge in [-0.25, -0.2) is 4.79 Å². The van der Waals surface area contributed by atoms with Crippen molar-refractivity contribution in [2.24, 2.45) is 14.1 Å². The van der Waals surface area contributed by atoms with Crippen molar-refractivity contribution in [2.45, 2.75) is 19.0 Å². The molecule has 0 amide bonds. The number of halogens is 3. The average molecular weight is 395 g/mol. The standard InChI is InChI=1S/C18H16F3N3O4/c1-8(25)11-12(9-6-4-5-7-10(9)26)13-15(22-14(11)18(19,20)21)23(2)17(28)24(3)16(13)27/h4-7,12,22,26H,1-3H3. The first-order chi connectivity index (χ1) is 13.0.